The van der Waals surface area contributed by atoms with Crippen molar-refractivity contribution in [1.82, 2.24) is 15.0 Å². The fourth-order valence-electron chi connectivity index (χ4n) is 8.25. The van der Waals surface area contributed by atoms with Gasteiger partial charge in [0.1, 0.15) is 23.6 Å². The summed E-state index contributed by atoms with van der Waals surface area (Å²) >= 11 is 0. The Hall–Kier alpha value is -7.54. The molecule has 1 aromatic heterocycles. The molecule has 0 aliphatic heterocycles. The second kappa shape index (κ2) is 17.0. The van der Waals surface area contributed by atoms with Crippen molar-refractivity contribution in [1.29, 1.82) is 0 Å². The van der Waals surface area contributed by atoms with Gasteiger partial charge < -0.3 is 4.57 Å². The molecular weight excluding hydrogens is 826 g/mol. The Morgan fingerprint density at radius 2 is 0.906 bits per heavy atom. The van der Waals surface area contributed by atoms with Gasteiger partial charge in [-0.2, -0.15) is 0 Å². The SMILES string of the molecule is O=P(c1ccccc1)(c1ccccc1)c1ccc(-c2cc(F)c(-c3ccc(-c4ccc(-c5nc(C6=CCC(F)C=C6)nc(-c6ccc(F)cc6)n5)c5ccccc45)cc3)cc2F)cc1. The fraction of sp³-hybridized carbons (Fsp3) is 0.0364. The molecule has 0 saturated carbocycles. The van der Waals surface area contributed by atoms with Gasteiger partial charge in [-0.05, 0) is 81.6 Å². The quantitative estimate of drug-likeness (QED) is 0.107. The lowest BCUT2D eigenvalue weighted by atomic mass is 9.93. The first-order chi connectivity index (χ1) is 31.2. The van der Waals surface area contributed by atoms with Crippen LogP contribution in [0.3, 0.4) is 0 Å². The van der Waals surface area contributed by atoms with Crippen LogP contribution in [-0.4, -0.2) is 21.1 Å². The van der Waals surface area contributed by atoms with Crippen LogP contribution in [0.15, 0.2) is 200 Å². The highest BCUT2D eigenvalue weighted by Crippen LogP contribution is 2.43. The van der Waals surface area contributed by atoms with Crippen molar-refractivity contribution in [2.24, 2.45) is 0 Å². The molecule has 0 spiro atoms. The lowest BCUT2D eigenvalue weighted by Gasteiger charge is -2.20. The zero-order valence-electron chi connectivity index (χ0n) is 34.0. The zero-order valence-corrected chi connectivity index (χ0v) is 34.9. The average Bonchev–Trinajstić information content (AvgIpc) is 3.35. The monoisotopic (exact) mass is 861 g/mol. The fourth-order valence-corrected chi connectivity index (χ4v) is 10.9. The van der Waals surface area contributed by atoms with Gasteiger partial charge in [-0.15, -0.1) is 0 Å². The molecule has 10 rings (SSSR count). The summed E-state index contributed by atoms with van der Waals surface area (Å²) in [7, 11) is -3.24. The Bertz CT molecular complexity index is 3260. The summed E-state index contributed by atoms with van der Waals surface area (Å²) in [6.45, 7) is 0. The number of alkyl halides is 1. The number of aromatic nitrogens is 3. The molecule has 64 heavy (non-hydrogen) atoms. The lowest BCUT2D eigenvalue weighted by Crippen LogP contribution is -2.24. The summed E-state index contributed by atoms with van der Waals surface area (Å²) in [5.41, 5.74) is 4.95. The van der Waals surface area contributed by atoms with E-state index < -0.39 is 24.9 Å². The van der Waals surface area contributed by atoms with Gasteiger partial charge in [-0.25, -0.2) is 32.5 Å². The van der Waals surface area contributed by atoms with Crippen molar-refractivity contribution in [3.8, 4) is 56.2 Å². The van der Waals surface area contributed by atoms with Crippen LogP contribution in [-0.2, 0) is 4.57 Å². The van der Waals surface area contributed by atoms with Gasteiger partial charge in [0.25, 0.3) is 0 Å². The molecule has 8 aromatic carbocycles. The highest BCUT2D eigenvalue weighted by Gasteiger charge is 2.29. The molecular formula is C55H36F4N3OP. The molecule has 0 bridgehead atoms. The molecule has 0 radical (unpaired) electrons. The number of fused-ring (bicyclic) bond motifs is 1. The molecule has 0 saturated heterocycles. The number of allylic oxidation sites excluding steroid dienone is 4. The molecule has 9 heteroatoms. The normalized spacial score (nSPS) is 13.8. The molecule has 9 aromatic rings. The van der Waals surface area contributed by atoms with E-state index in [1.807, 2.05) is 109 Å². The van der Waals surface area contributed by atoms with Crippen molar-refractivity contribution < 1.29 is 22.1 Å². The molecule has 0 N–H and O–H groups in total. The Balaban J connectivity index is 0.960. The van der Waals surface area contributed by atoms with Crippen LogP contribution in [0.1, 0.15) is 12.2 Å². The van der Waals surface area contributed by atoms with E-state index in [0.717, 1.165) is 27.5 Å². The summed E-state index contributed by atoms with van der Waals surface area (Å²) in [6, 6.07) is 52.8. The van der Waals surface area contributed by atoms with Gasteiger partial charge in [0.2, 0.25) is 0 Å². The zero-order chi connectivity index (χ0) is 43.8. The Kier molecular flexibility index (Phi) is 10.7. The molecule has 4 nitrogen and oxygen atoms in total. The van der Waals surface area contributed by atoms with Crippen molar-refractivity contribution in [2.45, 2.75) is 12.6 Å². The van der Waals surface area contributed by atoms with E-state index in [4.69, 9.17) is 15.0 Å². The van der Waals surface area contributed by atoms with E-state index in [1.165, 1.54) is 30.3 Å². The number of nitrogens with zero attached hydrogens (tertiary/aromatic N) is 3. The summed E-state index contributed by atoms with van der Waals surface area (Å²) in [5.74, 6) is -0.427. The van der Waals surface area contributed by atoms with Crippen molar-refractivity contribution >= 4 is 39.4 Å². The molecule has 1 aliphatic carbocycles. The number of hydrogen-bond donors (Lipinski definition) is 0. The summed E-state index contributed by atoms with van der Waals surface area (Å²) in [4.78, 5) is 14.4. The Labute approximate surface area is 367 Å². The molecule has 1 heterocycles. The topological polar surface area (TPSA) is 55.7 Å². The highest BCUT2D eigenvalue weighted by molar-refractivity contribution is 7.85. The number of hydrogen-bond acceptors (Lipinski definition) is 4. The Morgan fingerprint density at radius 1 is 0.453 bits per heavy atom. The van der Waals surface area contributed by atoms with Crippen LogP contribution in [0.25, 0.3) is 72.5 Å². The number of benzene rings is 8. The predicted octanol–water partition coefficient (Wildman–Crippen LogP) is 13.1. The molecule has 310 valence electrons. The van der Waals surface area contributed by atoms with E-state index in [2.05, 4.69) is 0 Å². The van der Waals surface area contributed by atoms with Crippen LogP contribution < -0.4 is 15.9 Å². The lowest BCUT2D eigenvalue weighted by molar-refractivity contribution is 0.402. The largest absolute Gasteiger partial charge is 0.309 e. The third-order valence-electron chi connectivity index (χ3n) is 11.6. The maximum Gasteiger partial charge on any atom is 0.171 e. The van der Waals surface area contributed by atoms with Crippen LogP contribution in [0, 0.1) is 17.5 Å². The van der Waals surface area contributed by atoms with Crippen molar-refractivity contribution in [3.63, 3.8) is 0 Å². The van der Waals surface area contributed by atoms with E-state index >= 15 is 8.78 Å². The number of rotatable bonds is 9. The summed E-state index contributed by atoms with van der Waals surface area (Å²) < 4.78 is 74.7. The first kappa shape index (κ1) is 40.5. The van der Waals surface area contributed by atoms with E-state index in [9.17, 15) is 13.3 Å². The maximum atomic E-state index is 16.0. The molecule has 1 unspecified atom stereocenters. The van der Waals surface area contributed by atoms with Gasteiger partial charge >= 0.3 is 0 Å². The van der Waals surface area contributed by atoms with Crippen LogP contribution in [0.4, 0.5) is 17.6 Å². The average molecular weight is 862 g/mol. The second-order valence-corrected chi connectivity index (χ2v) is 18.3. The van der Waals surface area contributed by atoms with E-state index in [0.29, 0.717) is 55.7 Å². The predicted molar refractivity (Wildman–Crippen MR) is 250 cm³/mol. The minimum atomic E-state index is -3.24. The minimum Gasteiger partial charge on any atom is -0.309 e. The van der Waals surface area contributed by atoms with E-state index in [-0.39, 0.29) is 23.4 Å². The summed E-state index contributed by atoms with van der Waals surface area (Å²) in [5, 5.41) is 3.73. The molecule has 1 aliphatic rings. The van der Waals surface area contributed by atoms with Gasteiger partial charge in [0.05, 0.1) is 0 Å². The maximum absolute atomic E-state index is 16.0. The van der Waals surface area contributed by atoms with Crippen LogP contribution >= 0.6 is 7.14 Å². The molecule has 1 atom stereocenters. The Morgan fingerprint density at radius 3 is 1.47 bits per heavy atom. The second-order valence-electron chi connectivity index (χ2n) is 15.5. The van der Waals surface area contributed by atoms with Crippen LogP contribution in [0.5, 0.6) is 0 Å². The van der Waals surface area contributed by atoms with Gasteiger partial charge in [0, 0.05) is 50.2 Å². The van der Waals surface area contributed by atoms with Crippen molar-refractivity contribution in [2.75, 3.05) is 0 Å². The third-order valence-corrected chi connectivity index (χ3v) is 14.6. The van der Waals surface area contributed by atoms with E-state index in [1.54, 1.807) is 60.7 Å². The summed E-state index contributed by atoms with van der Waals surface area (Å²) in [6.07, 6.45) is 4.02. The van der Waals surface area contributed by atoms with Gasteiger partial charge in [0.15, 0.2) is 24.6 Å². The first-order valence-corrected chi connectivity index (χ1v) is 22.4. The van der Waals surface area contributed by atoms with Crippen LogP contribution in [0.2, 0.25) is 0 Å². The smallest absolute Gasteiger partial charge is 0.171 e. The highest BCUT2D eigenvalue weighted by atomic mass is 31.2. The third kappa shape index (κ3) is 7.67. The van der Waals surface area contributed by atoms with Crippen molar-refractivity contribution in [3.05, 3.63) is 223 Å². The molecule has 0 fully saturated rings. The van der Waals surface area contributed by atoms with Gasteiger partial charge in [-0.3, -0.25) is 0 Å². The van der Waals surface area contributed by atoms with Gasteiger partial charge in [-0.1, -0.05) is 152 Å². The standard InChI is InChI=1S/C55H36F4N3OP/c56-40-25-19-38(20-26-40)53-60-54(39-21-27-41(57)28-22-39)62-55(61-53)48-32-31-45(46-13-7-8-14-47(46)48)35-15-17-36(18-16-35)49-33-52(59)50(34-51(49)58)37-23-29-44(30-24-37)64(63,42-9-3-1-4-10-42)43-11-5-2-6-12-43/h1-27,29-34,41H,28H2. The number of halogens is 4. The first-order valence-electron chi connectivity index (χ1n) is 20.7. The minimum absolute atomic E-state index is 0.0978. The molecule has 0 amide bonds.